The Morgan fingerprint density at radius 2 is 1.62 bits per heavy atom. The number of hydrogen-bond acceptors (Lipinski definition) is 6. The molecule has 0 spiro atoms. The smallest absolute Gasteiger partial charge is 0.291 e. The SMILES string of the molecule is Cc1ccc(Oc2cc(NC(=O)c3ccc(COc4c(F)c(F)cc(F)c4F)o3)cc([N+](=O)[O-])c2)cc1. The maximum absolute atomic E-state index is 13.7. The number of amides is 1. The van der Waals surface area contributed by atoms with Crippen LogP contribution in [0.25, 0.3) is 0 Å². The number of anilines is 1. The number of carbonyl (C=O) groups excluding carboxylic acids is 1. The van der Waals surface area contributed by atoms with E-state index in [-0.39, 0.29) is 34.7 Å². The van der Waals surface area contributed by atoms with Crippen LogP contribution in [-0.4, -0.2) is 10.8 Å². The fourth-order valence-electron chi connectivity index (χ4n) is 3.15. The molecule has 0 unspecified atom stereocenters. The van der Waals surface area contributed by atoms with E-state index in [2.05, 4.69) is 5.32 Å². The Kier molecular flexibility index (Phi) is 7.09. The van der Waals surface area contributed by atoms with Crippen LogP contribution >= 0.6 is 0 Å². The van der Waals surface area contributed by atoms with Crippen molar-refractivity contribution in [1.82, 2.24) is 0 Å². The van der Waals surface area contributed by atoms with E-state index in [1.165, 1.54) is 24.3 Å². The third kappa shape index (κ3) is 5.86. The first-order valence-corrected chi connectivity index (χ1v) is 10.5. The number of rotatable bonds is 8. The summed E-state index contributed by atoms with van der Waals surface area (Å²) < 4.78 is 69.8. The lowest BCUT2D eigenvalue weighted by molar-refractivity contribution is -0.384. The van der Waals surface area contributed by atoms with E-state index < -0.39 is 46.5 Å². The molecule has 0 saturated carbocycles. The summed E-state index contributed by atoms with van der Waals surface area (Å²) in [5, 5.41) is 13.8. The fourth-order valence-corrected chi connectivity index (χ4v) is 3.15. The first-order valence-electron chi connectivity index (χ1n) is 10.5. The van der Waals surface area contributed by atoms with Crippen LogP contribution in [0.3, 0.4) is 0 Å². The van der Waals surface area contributed by atoms with Gasteiger partial charge in [0.1, 0.15) is 23.9 Å². The number of carbonyl (C=O) groups is 1. The van der Waals surface area contributed by atoms with E-state index in [0.29, 0.717) is 5.75 Å². The zero-order chi connectivity index (χ0) is 26.7. The Balaban J connectivity index is 1.48. The number of aryl methyl sites for hydroxylation is 1. The van der Waals surface area contributed by atoms with E-state index >= 15 is 0 Å². The van der Waals surface area contributed by atoms with Gasteiger partial charge >= 0.3 is 0 Å². The predicted octanol–water partition coefficient (Wildman–Crippen LogP) is 6.68. The minimum Gasteiger partial charge on any atom is -0.479 e. The average molecular weight is 516 g/mol. The number of hydrogen-bond donors (Lipinski definition) is 1. The first-order chi connectivity index (χ1) is 17.6. The highest BCUT2D eigenvalue weighted by Gasteiger charge is 2.22. The van der Waals surface area contributed by atoms with Crippen molar-refractivity contribution in [1.29, 1.82) is 0 Å². The highest BCUT2D eigenvalue weighted by Crippen LogP contribution is 2.31. The van der Waals surface area contributed by atoms with Gasteiger partial charge in [0.15, 0.2) is 23.1 Å². The summed E-state index contributed by atoms with van der Waals surface area (Å²) in [5.41, 5.74) is 0.663. The average Bonchev–Trinajstić information content (AvgIpc) is 3.33. The Hall–Kier alpha value is -4.87. The molecule has 0 aliphatic rings. The highest BCUT2D eigenvalue weighted by molar-refractivity contribution is 6.02. The standard InChI is InChI=1S/C25H16F4N2O6/c1-13-2-4-16(5-3-13)36-18-9-14(8-15(10-18)31(33)34)30-25(32)21-7-6-17(37-21)12-35-24-22(28)19(26)11-20(27)23(24)29/h2-11H,12H2,1H3,(H,30,32). The van der Waals surface area contributed by atoms with Gasteiger partial charge < -0.3 is 19.2 Å². The lowest BCUT2D eigenvalue weighted by Gasteiger charge is -2.09. The highest BCUT2D eigenvalue weighted by atomic mass is 19.2. The zero-order valence-corrected chi connectivity index (χ0v) is 18.9. The van der Waals surface area contributed by atoms with Gasteiger partial charge in [-0.2, -0.15) is 8.78 Å². The van der Waals surface area contributed by atoms with Crippen LogP contribution in [0.15, 0.2) is 65.1 Å². The van der Waals surface area contributed by atoms with Gasteiger partial charge in [0, 0.05) is 18.2 Å². The van der Waals surface area contributed by atoms with Crippen LogP contribution in [0.5, 0.6) is 17.2 Å². The van der Waals surface area contributed by atoms with Crippen molar-refractivity contribution in [2.75, 3.05) is 5.32 Å². The van der Waals surface area contributed by atoms with Gasteiger partial charge in [0.25, 0.3) is 11.6 Å². The Morgan fingerprint density at radius 1 is 0.946 bits per heavy atom. The molecule has 0 bridgehead atoms. The molecule has 1 aromatic heterocycles. The van der Waals surface area contributed by atoms with Gasteiger partial charge in [-0.15, -0.1) is 0 Å². The van der Waals surface area contributed by atoms with Gasteiger partial charge in [0.05, 0.1) is 16.7 Å². The second-order valence-corrected chi connectivity index (χ2v) is 7.69. The molecule has 3 aromatic carbocycles. The Bertz CT molecular complexity index is 1460. The largest absolute Gasteiger partial charge is 0.479 e. The van der Waals surface area contributed by atoms with E-state index in [1.54, 1.807) is 24.3 Å². The van der Waals surface area contributed by atoms with Gasteiger partial charge in [0.2, 0.25) is 11.6 Å². The second-order valence-electron chi connectivity index (χ2n) is 7.69. The summed E-state index contributed by atoms with van der Waals surface area (Å²) in [4.78, 5) is 23.3. The number of nitro groups is 1. The molecule has 0 atom stereocenters. The molecule has 4 rings (SSSR count). The van der Waals surface area contributed by atoms with Crippen LogP contribution < -0.4 is 14.8 Å². The minimum atomic E-state index is -1.72. The van der Waals surface area contributed by atoms with Crippen LogP contribution in [-0.2, 0) is 6.61 Å². The van der Waals surface area contributed by atoms with E-state index in [1.807, 2.05) is 6.92 Å². The molecule has 37 heavy (non-hydrogen) atoms. The number of ether oxygens (including phenoxy) is 2. The summed E-state index contributed by atoms with van der Waals surface area (Å²) >= 11 is 0. The maximum atomic E-state index is 13.7. The van der Waals surface area contributed by atoms with Gasteiger partial charge in [-0.3, -0.25) is 14.9 Å². The quantitative estimate of drug-likeness (QED) is 0.121. The topological polar surface area (TPSA) is 104 Å². The van der Waals surface area contributed by atoms with Crippen molar-refractivity contribution < 1.29 is 41.2 Å². The minimum absolute atomic E-state index is 0.0230. The number of nitrogens with zero attached hydrogens (tertiary/aromatic N) is 1. The van der Waals surface area contributed by atoms with Crippen molar-refractivity contribution in [3.8, 4) is 17.2 Å². The van der Waals surface area contributed by atoms with Crippen LogP contribution in [0.1, 0.15) is 21.9 Å². The van der Waals surface area contributed by atoms with Crippen LogP contribution in [0.2, 0.25) is 0 Å². The monoisotopic (exact) mass is 516 g/mol. The van der Waals surface area contributed by atoms with Gasteiger partial charge in [-0.25, -0.2) is 8.78 Å². The fraction of sp³-hybridized carbons (Fsp3) is 0.0800. The molecule has 12 heteroatoms. The lowest BCUT2D eigenvalue weighted by Crippen LogP contribution is -2.11. The molecule has 0 radical (unpaired) electrons. The maximum Gasteiger partial charge on any atom is 0.291 e. The summed E-state index contributed by atoms with van der Waals surface area (Å²) in [7, 11) is 0. The molecule has 4 aromatic rings. The second kappa shape index (κ2) is 10.4. The van der Waals surface area contributed by atoms with Crippen molar-refractivity contribution >= 4 is 17.3 Å². The number of non-ortho nitro benzene ring substituents is 1. The third-order valence-electron chi connectivity index (χ3n) is 4.93. The number of benzene rings is 3. The van der Waals surface area contributed by atoms with Gasteiger partial charge in [-0.1, -0.05) is 17.7 Å². The summed E-state index contributed by atoms with van der Waals surface area (Å²) in [6.07, 6.45) is 0. The van der Waals surface area contributed by atoms with Crippen molar-refractivity contribution in [3.05, 3.63) is 111 Å². The van der Waals surface area contributed by atoms with E-state index in [9.17, 15) is 32.5 Å². The molecule has 0 saturated heterocycles. The molecule has 190 valence electrons. The summed E-state index contributed by atoms with van der Waals surface area (Å²) in [6.45, 7) is 1.23. The molecule has 0 fully saturated rings. The lowest BCUT2D eigenvalue weighted by atomic mass is 10.2. The Labute approximate surface area is 206 Å². The normalized spacial score (nSPS) is 10.7. The number of halogens is 4. The summed E-state index contributed by atoms with van der Waals surface area (Å²) in [5.74, 6) is -8.70. The number of nitrogens with one attached hydrogen (secondary N) is 1. The molecular formula is C25H16F4N2O6. The molecule has 1 N–H and O–H groups in total. The van der Waals surface area contributed by atoms with Crippen LogP contribution in [0, 0.1) is 40.3 Å². The molecule has 0 aliphatic heterocycles. The summed E-state index contributed by atoms with van der Waals surface area (Å²) in [6, 6.07) is 13.1. The molecule has 0 aliphatic carbocycles. The predicted molar refractivity (Wildman–Crippen MR) is 122 cm³/mol. The first kappa shape index (κ1) is 25.2. The molecule has 8 nitrogen and oxygen atoms in total. The van der Waals surface area contributed by atoms with Crippen LogP contribution in [0.4, 0.5) is 28.9 Å². The van der Waals surface area contributed by atoms with Gasteiger partial charge in [-0.05, 0) is 31.2 Å². The van der Waals surface area contributed by atoms with E-state index in [4.69, 9.17) is 13.9 Å². The van der Waals surface area contributed by atoms with Crippen molar-refractivity contribution in [3.63, 3.8) is 0 Å². The zero-order valence-electron chi connectivity index (χ0n) is 18.9. The molecule has 1 heterocycles. The Morgan fingerprint density at radius 3 is 2.27 bits per heavy atom. The van der Waals surface area contributed by atoms with E-state index in [0.717, 1.165) is 11.6 Å². The molecule has 1 amide bonds. The van der Waals surface area contributed by atoms with Crippen molar-refractivity contribution in [2.24, 2.45) is 0 Å². The third-order valence-corrected chi connectivity index (χ3v) is 4.93. The molecular weight excluding hydrogens is 500 g/mol. The number of nitro benzene ring substituents is 1. The number of furan rings is 1. The van der Waals surface area contributed by atoms with Crippen molar-refractivity contribution in [2.45, 2.75) is 13.5 Å².